The number of anilines is 1. The molecule has 9 heteroatoms. The maximum Gasteiger partial charge on any atom is 0.325 e. The molecule has 0 aliphatic carbocycles. The number of hydrogen-bond donors (Lipinski definition) is 2. The number of rotatable bonds is 5. The van der Waals surface area contributed by atoms with E-state index in [9.17, 15) is 23.2 Å². The molecular formula is C19H16BrF2N3O3. The van der Waals surface area contributed by atoms with Crippen LogP contribution >= 0.6 is 15.9 Å². The zero-order valence-corrected chi connectivity index (χ0v) is 16.3. The minimum atomic E-state index is -1.38. The molecule has 1 heterocycles. The van der Waals surface area contributed by atoms with Gasteiger partial charge in [0.25, 0.3) is 5.91 Å². The van der Waals surface area contributed by atoms with Crippen LogP contribution in [0.15, 0.2) is 46.9 Å². The molecule has 1 fully saturated rings. The number of hydrogen-bond acceptors (Lipinski definition) is 3. The number of nitrogens with zero attached hydrogens (tertiary/aromatic N) is 1. The Hall–Kier alpha value is -2.81. The molecule has 0 radical (unpaired) electrons. The van der Waals surface area contributed by atoms with Crippen molar-refractivity contribution >= 4 is 39.5 Å². The molecule has 0 aromatic heterocycles. The lowest BCUT2D eigenvalue weighted by Crippen LogP contribution is -2.44. The van der Waals surface area contributed by atoms with E-state index in [-0.39, 0.29) is 12.1 Å². The molecule has 6 nitrogen and oxygen atoms in total. The van der Waals surface area contributed by atoms with Gasteiger partial charge in [0.05, 0.1) is 5.69 Å². The lowest BCUT2D eigenvalue weighted by Gasteiger charge is -2.25. The third-order valence-electron chi connectivity index (χ3n) is 4.55. The van der Waals surface area contributed by atoms with E-state index < -0.39 is 41.6 Å². The molecule has 3 rings (SSSR count). The molecule has 1 unspecified atom stereocenters. The van der Waals surface area contributed by atoms with Crippen molar-refractivity contribution in [3.63, 3.8) is 0 Å². The van der Waals surface area contributed by atoms with Crippen molar-refractivity contribution in [2.75, 3.05) is 11.9 Å². The zero-order chi connectivity index (χ0) is 20.5. The summed E-state index contributed by atoms with van der Waals surface area (Å²) in [5.41, 5.74) is -1.04. The molecule has 4 amide bonds. The van der Waals surface area contributed by atoms with Crippen LogP contribution in [0.2, 0.25) is 0 Å². The first kappa shape index (κ1) is 19.9. The van der Waals surface area contributed by atoms with Gasteiger partial charge < -0.3 is 10.6 Å². The standard InChI is InChI=1S/C19H16BrF2N3O3/c1-2-19(11-3-6-13(21)7-4-11)17(27)25(18(28)24-19)10-16(26)23-15-8-5-12(20)9-14(15)22/h3-9H,2,10H2,1H3,(H,23,26)(H,24,28). The van der Waals surface area contributed by atoms with Crippen LogP contribution in [0.4, 0.5) is 19.3 Å². The highest BCUT2D eigenvalue weighted by Crippen LogP contribution is 2.32. The molecule has 146 valence electrons. The predicted octanol–water partition coefficient (Wildman–Crippen LogP) is 3.52. The average Bonchev–Trinajstić information content (AvgIpc) is 2.90. The fourth-order valence-corrected chi connectivity index (χ4v) is 3.40. The molecule has 1 aliphatic heterocycles. The topological polar surface area (TPSA) is 78.5 Å². The van der Waals surface area contributed by atoms with Crippen molar-refractivity contribution < 1.29 is 23.2 Å². The maximum atomic E-state index is 13.9. The number of carbonyl (C=O) groups is 3. The SMILES string of the molecule is CCC1(c2ccc(F)cc2)NC(=O)N(CC(=O)Nc2ccc(Br)cc2F)C1=O. The molecule has 1 aliphatic rings. The van der Waals surface area contributed by atoms with Crippen LogP contribution in [0.3, 0.4) is 0 Å². The summed E-state index contributed by atoms with van der Waals surface area (Å²) in [7, 11) is 0. The van der Waals surface area contributed by atoms with Gasteiger partial charge in [0.2, 0.25) is 5.91 Å². The van der Waals surface area contributed by atoms with Gasteiger partial charge in [-0.3, -0.25) is 14.5 Å². The third-order valence-corrected chi connectivity index (χ3v) is 5.04. The van der Waals surface area contributed by atoms with Gasteiger partial charge >= 0.3 is 6.03 Å². The average molecular weight is 452 g/mol. The first-order valence-corrected chi connectivity index (χ1v) is 9.21. The molecule has 2 aromatic rings. The number of nitrogens with one attached hydrogen (secondary N) is 2. The van der Waals surface area contributed by atoms with E-state index in [0.717, 1.165) is 4.90 Å². The Morgan fingerprint density at radius 2 is 1.86 bits per heavy atom. The van der Waals surface area contributed by atoms with Crippen molar-refractivity contribution in [1.82, 2.24) is 10.2 Å². The molecule has 1 atom stereocenters. The smallest absolute Gasteiger partial charge is 0.322 e. The summed E-state index contributed by atoms with van der Waals surface area (Å²) in [6, 6.07) is 8.55. The number of halogens is 3. The minimum absolute atomic E-state index is 0.0689. The Kier molecular flexibility index (Phi) is 5.46. The van der Waals surface area contributed by atoms with E-state index in [4.69, 9.17) is 0 Å². The summed E-state index contributed by atoms with van der Waals surface area (Å²) in [6.45, 7) is 1.12. The molecule has 0 bridgehead atoms. The highest BCUT2D eigenvalue weighted by atomic mass is 79.9. The van der Waals surface area contributed by atoms with Gasteiger partial charge in [-0.15, -0.1) is 0 Å². The van der Waals surface area contributed by atoms with Gasteiger partial charge in [-0.2, -0.15) is 0 Å². The van der Waals surface area contributed by atoms with E-state index in [1.165, 1.54) is 36.4 Å². The van der Waals surface area contributed by atoms with Crippen LogP contribution in [-0.2, 0) is 15.1 Å². The quantitative estimate of drug-likeness (QED) is 0.682. The van der Waals surface area contributed by atoms with Gasteiger partial charge in [-0.25, -0.2) is 13.6 Å². The summed E-state index contributed by atoms with van der Waals surface area (Å²) in [4.78, 5) is 38.3. The fraction of sp³-hybridized carbons (Fsp3) is 0.211. The van der Waals surface area contributed by atoms with Gasteiger partial charge in [0.15, 0.2) is 0 Å². The van der Waals surface area contributed by atoms with Gasteiger partial charge in [-0.05, 0) is 42.3 Å². The van der Waals surface area contributed by atoms with Gasteiger partial charge in [-0.1, -0.05) is 35.0 Å². The molecular weight excluding hydrogens is 436 g/mol. The van der Waals surface area contributed by atoms with E-state index in [1.807, 2.05) is 0 Å². The van der Waals surface area contributed by atoms with E-state index in [2.05, 4.69) is 26.6 Å². The van der Waals surface area contributed by atoms with E-state index in [0.29, 0.717) is 10.0 Å². The Labute approximate surface area is 168 Å². The highest BCUT2D eigenvalue weighted by Gasteiger charge is 2.51. The summed E-state index contributed by atoms with van der Waals surface area (Å²) in [5, 5.41) is 4.94. The summed E-state index contributed by atoms with van der Waals surface area (Å²) >= 11 is 3.11. The van der Waals surface area contributed by atoms with Crippen molar-refractivity contribution in [3.8, 4) is 0 Å². The predicted molar refractivity (Wildman–Crippen MR) is 101 cm³/mol. The van der Waals surface area contributed by atoms with Crippen molar-refractivity contribution in [3.05, 3.63) is 64.1 Å². The lowest BCUT2D eigenvalue weighted by atomic mass is 9.87. The molecule has 2 aromatic carbocycles. The second-order valence-electron chi connectivity index (χ2n) is 6.26. The summed E-state index contributed by atoms with van der Waals surface area (Å²) in [6.07, 6.45) is 0.211. The normalized spacial score (nSPS) is 18.9. The number of imide groups is 1. The Bertz CT molecular complexity index is 952. The largest absolute Gasteiger partial charge is 0.325 e. The number of amides is 4. The molecule has 0 saturated carbocycles. The molecule has 1 saturated heterocycles. The molecule has 2 N–H and O–H groups in total. The van der Waals surface area contributed by atoms with Crippen LogP contribution in [0.1, 0.15) is 18.9 Å². The lowest BCUT2D eigenvalue weighted by molar-refractivity contribution is -0.134. The monoisotopic (exact) mass is 451 g/mol. The first-order valence-electron chi connectivity index (χ1n) is 8.42. The second-order valence-corrected chi connectivity index (χ2v) is 7.18. The fourth-order valence-electron chi connectivity index (χ4n) is 3.07. The van der Waals surface area contributed by atoms with Crippen molar-refractivity contribution in [2.45, 2.75) is 18.9 Å². The van der Waals surface area contributed by atoms with Crippen molar-refractivity contribution in [1.29, 1.82) is 0 Å². The van der Waals surface area contributed by atoms with Crippen LogP contribution in [0.25, 0.3) is 0 Å². The van der Waals surface area contributed by atoms with Crippen LogP contribution in [0, 0.1) is 11.6 Å². The van der Waals surface area contributed by atoms with Crippen LogP contribution in [-0.4, -0.2) is 29.3 Å². The number of urea groups is 1. The maximum absolute atomic E-state index is 13.9. The van der Waals surface area contributed by atoms with Crippen molar-refractivity contribution in [2.24, 2.45) is 0 Å². The summed E-state index contributed by atoms with van der Waals surface area (Å²) < 4.78 is 27.6. The Morgan fingerprint density at radius 3 is 2.46 bits per heavy atom. The first-order chi connectivity index (χ1) is 13.3. The van der Waals surface area contributed by atoms with Gasteiger partial charge in [0, 0.05) is 4.47 Å². The Morgan fingerprint density at radius 1 is 1.18 bits per heavy atom. The summed E-state index contributed by atoms with van der Waals surface area (Å²) in [5.74, 6) is -2.48. The minimum Gasteiger partial charge on any atom is -0.322 e. The highest BCUT2D eigenvalue weighted by molar-refractivity contribution is 9.10. The van der Waals surface area contributed by atoms with Crippen LogP contribution < -0.4 is 10.6 Å². The van der Waals surface area contributed by atoms with Gasteiger partial charge in [0.1, 0.15) is 23.7 Å². The van der Waals surface area contributed by atoms with E-state index in [1.54, 1.807) is 13.0 Å². The number of carbonyl (C=O) groups excluding carboxylic acids is 3. The number of benzene rings is 2. The van der Waals surface area contributed by atoms with Crippen LogP contribution in [0.5, 0.6) is 0 Å². The second kappa shape index (κ2) is 7.67. The zero-order valence-electron chi connectivity index (χ0n) is 14.8. The molecule has 28 heavy (non-hydrogen) atoms. The third kappa shape index (κ3) is 3.62. The molecule has 0 spiro atoms. The van der Waals surface area contributed by atoms with E-state index >= 15 is 0 Å². The Balaban J connectivity index is 1.79.